The quantitative estimate of drug-likeness (QED) is 0.735. The van der Waals surface area contributed by atoms with Gasteiger partial charge in [-0.3, -0.25) is 4.98 Å². The third-order valence-corrected chi connectivity index (χ3v) is 1.61. The average molecular weight is 191 g/mol. The van der Waals surface area contributed by atoms with Gasteiger partial charge in [0.1, 0.15) is 5.69 Å². The Kier molecular flexibility index (Phi) is 2.46. The number of nitrogens with zero attached hydrogens (tertiary/aromatic N) is 4. The number of rotatable bonds is 3. The molecule has 0 fully saturated rings. The molecular weight excluding hydrogens is 182 g/mol. The average Bonchev–Trinajstić information content (AvgIpc) is 2.68. The Morgan fingerprint density at radius 1 is 1.29 bits per heavy atom. The minimum atomic E-state index is 0.376. The van der Waals surface area contributed by atoms with E-state index in [1.165, 1.54) is 0 Å². The Morgan fingerprint density at radius 2 is 2.21 bits per heavy atom. The summed E-state index contributed by atoms with van der Waals surface area (Å²) in [5.74, 6) is 0.898. The zero-order valence-electron chi connectivity index (χ0n) is 7.42. The Morgan fingerprint density at radius 3 is 2.93 bits per heavy atom. The molecule has 0 aromatic carbocycles. The van der Waals surface area contributed by atoms with E-state index in [4.69, 9.17) is 10.2 Å². The largest absolute Gasteiger partial charge is 0.419 e. The first kappa shape index (κ1) is 8.76. The molecule has 2 aromatic rings. The van der Waals surface area contributed by atoms with Crippen molar-refractivity contribution in [1.82, 2.24) is 20.2 Å². The molecule has 14 heavy (non-hydrogen) atoms. The number of hydrogen-bond donors (Lipinski definition) is 1. The lowest BCUT2D eigenvalue weighted by molar-refractivity contribution is 0.505. The van der Waals surface area contributed by atoms with Crippen molar-refractivity contribution >= 4 is 0 Å². The highest BCUT2D eigenvalue weighted by Crippen LogP contribution is 2.12. The van der Waals surface area contributed by atoms with Crippen molar-refractivity contribution in [2.24, 2.45) is 5.73 Å². The van der Waals surface area contributed by atoms with Gasteiger partial charge in [-0.2, -0.15) is 0 Å². The molecule has 2 heterocycles. The smallest absolute Gasteiger partial charge is 0.267 e. The van der Waals surface area contributed by atoms with E-state index >= 15 is 0 Å². The molecule has 0 saturated carbocycles. The minimum absolute atomic E-state index is 0.376. The van der Waals surface area contributed by atoms with Crippen LogP contribution in [-0.2, 0) is 6.42 Å². The van der Waals surface area contributed by atoms with Crippen molar-refractivity contribution in [3.8, 4) is 11.6 Å². The van der Waals surface area contributed by atoms with Gasteiger partial charge in [-0.05, 0) is 0 Å². The van der Waals surface area contributed by atoms with E-state index in [0.29, 0.717) is 30.4 Å². The van der Waals surface area contributed by atoms with Crippen molar-refractivity contribution < 1.29 is 4.42 Å². The second kappa shape index (κ2) is 3.93. The summed E-state index contributed by atoms with van der Waals surface area (Å²) in [6, 6.07) is 0. The van der Waals surface area contributed by atoms with Crippen molar-refractivity contribution in [3.05, 3.63) is 24.5 Å². The van der Waals surface area contributed by atoms with Crippen LogP contribution in [0.25, 0.3) is 11.6 Å². The summed E-state index contributed by atoms with van der Waals surface area (Å²) in [6.07, 6.45) is 5.30. The fourth-order valence-corrected chi connectivity index (χ4v) is 0.991. The first-order valence-electron chi connectivity index (χ1n) is 4.19. The molecule has 2 rings (SSSR count). The summed E-state index contributed by atoms with van der Waals surface area (Å²) >= 11 is 0. The van der Waals surface area contributed by atoms with Gasteiger partial charge in [-0.1, -0.05) is 0 Å². The number of nitrogens with two attached hydrogens (primary N) is 1. The van der Waals surface area contributed by atoms with Crippen LogP contribution in [0, 0.1) is 0 Å². The van der Waals surface area contributed by atoms with Gasteiger partial charge in [0.25, 0.3) is 5.89 Å². The Bertz CT molecular complexity index is 399. The van der Waals surface area contributed by atoms with Crippen LogP contribution in [0.15, 0.2) is 23.0 Å². The summed E-state index contributed by atoms with van der Waals surface area (Å²) < 4.78 is 5.31. The van der Waals surface area contributed by atoms with E-state index in [2.05, 4.69) is 20.2 Å². The van der Waals surface area contributed by atoms with Gasteiger partial charge in [0.05, 0.1) is 6.20 Å². The van der Waals surface area contributed by atoms with Gasteiger partial charge in [-0.15, -0.1) is 10.2 Å². The zero-order chi connectivity index (χ0) is 9.80. The normalized spacial score (nSPS) is 10.4. The van der Waals surface area contributed by atoms with Crippen LogP contribution in [0.1, 0.15) is 5.89 Å². The number of hydrogen-bond acceptors (Lipinski definition) is 6. The maximum Gasteiger partial charge on any atom is 0.267 e. The van der Waals surface area contributed by atoms with Crippen LogP contribution < -0.4 is 5.73 Å². The summed E-state index contributed by atoms with van der Waals surface area (Å²) in [6.45, 7) is 0.488. The van der Waals surface area contributed by atoms with E-state index in [1.54, 1.807) is 18.6 Å². The molecule has 0 radical (unpaired) electrons. The van der Waals surface area contributed by atoms with Crippen LogP contribution >= 0.6 is 0 Å². The zero-order valence-corrected chi connectivity index (χ0v) is 7.42. The highest BCUT2D eigenvalue weighted by Gasteiger charge is 2.08. The lowest BCUT2D eigenvalue weighted by atomic mass is 10.4. The molecule has 0 aliphatic heterocycles. The van der Waals surface area contributed by atoms with Crippen LogP contribution in [-0.4, -0.2) is 26.7 Å². The first-order chi connectivity index (χ1) is 6.90. The molecule has 6 nitrogen and oxygen atoms in total. The second-order valence-electron chi connectivity index (χ2n) is 2.63. The van der Waals surface area contributed by atoms with Gasteiger partial charge >= 0.3 is 0 Å². The second-order valence-corrected chi connectivity index (χ2v) is 2.63. The minimum Gasteiger partial charge on any atom is -0.419 e. The topological polar surface area (TPSA) is 90.7 Å². The highest BCUT2D eigenvalue weighted by atomic mass is 16.4. The molecule has 0 aliphatic rings. The summed E-state index contributed by atoms with van der Waals surface area (Å²) in [5, 5.41) is 7.65. The Labute approximate surface area is 80.2 Å². The summed E-state index contributed by atoms with van der Waals surface area (Å²) in [5.41, 5.74) is 5.93. The number of aromatic nitrogens is 4. The molecule has 2 aromatic heterocycles. The van der Waals surface area contributed by atoms with Crippen LogP contribution in [0.4, 0.5) is 0 Å². The summed E-state index contributed by atoms with van der Waals surface area (Å²) in [4.78, 5) is 7.93. The maximum atomic E-state index is 5.35. The molecule has 6 heteroatoms. The summed E-state index contributed by atoms with van der Waals surface area (Å²) in [7, 11) is 0. The van der Waals surface area contributed by atoms with E-state index < -0.39 is 0 Å². The lowest BCUT2D eigenvalue weighted by Crippen LogP contribution is -2.02. The van der Waals surface area contributed by atoms with Crippen molar-refractivity contribution in [1.29, 1.82) is 0 Å². The van der Waals surface area contributed by atoms with Crippen molar-refractivity contribution in [2.45, 2.75) is 6.42 Å². The van der Waals surface area contributed by atoms with Crippen LogP contribution in [0.5, 0.6) is 0 Å². The molecule has 0 bridgehead atoms. The molecule has 0 aliphatic carbocycles. The van der Waals surface area contributed by atoms with Crippen molar-refractivity contribution in [3.63, 3.8) is 0 Å². The lowest BCUT2D eigenvalue weighted by Gasteiger charge is -1.90. The third kappa shape index (κ3) is 1.74. The molecule has 0 spiro atoms. The van der Waals surface area contributed by atoms with E-state index in [9.17, 15) is 0 Å². The molecule has 72 valence electrons. The fourth-order valence-electron chi connectivity index (χ4n) is 0.991. The van der Waals surface area contributed by atoms with Crippen molar-refractivity contribution in [2.75, 3.05) is 6.54 Å². The van der Waals surface area contributed by atoms with Gasteiger partial charge in [0, 0.05) is 25.4 Å². The fraction of sp³-hybridized carbons (Fsp3) is 0.250. The molecule has 2 N–H and O–H groups in total. The van der Waals surface area contributed by atoms with Gasteiger partial charge < -0.3 is 10.2 Å². The molecule has 0 atom stereocenters. The van der Waals surface area contributed by atoms with Crippen LogP contribution in [0.2, 0.25) is 0 Å². The molecular formula is C8H9N5O. The standard InChI is InChI=1S/C8H9N5O/c9-2-1-7-12-13-8(14-7)6-5-10-3-4-11-6/h3-5H,1-2,9H2. The highest BCUT2D eigenvalue weighted by molar-refractivity contribution is 5.42. The Hall–Kier alpha value is -1.82. The molecule has 0 saturated heterocycles. The van der Waals surface area contributed by atoms with Crippen LogP contribution in [0.3, 0.4) is 0 Å². The maximum absolute atomic E-state index is 5.35. The van der Waals surface area contributed by atoms with Gasteiger partial charge in [-0.25, -0.2) is 4.98 Å². The Balaban J connectivity index is 2.25. The first-order valence-corrected chi connectivity index (χ1v) is 4.19. The van der Waals surface area contributed by atoms with Gasteiger partial charge in [0.2, 0.25) is 5.89 Å². The predicted molar refractivity (Wildman–Crippen MR) is 48.1 cm³/mol. The van der Waals surface area contributed by atoms with E-state index in [0.717, 1.165) is 0 Å². The van der Waals surface area contributed by atoms with Gasteiger partial charge in [0.15, 0.2) is 0 Å². The SMILES string of the molecule is NCCc1nnc(-c2cnccn2)o1. The van der Waals surface area contributed by atoms with E-state index in [-0.39, 0.29) is 0 Å². The predicted octanol–water partition coefficient (Wildman–Crippen LogP) is 0.0278. The third-order valence-electron chi connectivity index (χ3n) is 1.61. The van der Waals surface area contributed by atoms with E-state index in [1.807, 2.05) is 0 Å². The molecule has 0 unspecified atom stereocenters. The molecule has 0 amide bonds. The monoisotopic (exact) mass is 191 g/mol.